The van der Waals surface area contributed by atoms with Gasteiger partial charge in [-0.1, -0.05) is 54.1 Å². The van der Waals surface area contributed by atoms with Crippen LogP contribution in [0.1, 0.15) is 78.7 Å². The van der Waals surface area contributed by atoms with Crippen LogP contribution in [0.5, 0.6) is 11.8 Å². The number of fused-ring (bicyclic) bond motifs is 1. The number of carboxylic acid groups (broad SMARTS) is 1. The van der Waals surface area contributed by atoms with Crippen LogP contribution in [0.3, 0.4) is 0 Å². The predicted molar refractivity (Wildman–Crippen MR) is 209 cm³/mol. The highest BCUT2D eigenvalue weighted by Crippen LogP contribution is 2.45. The van der Waals surface area contributed by atoms with Crippen molar-refractivity contribution in [1.82, 2.24) is 25.2 Å². The number of ether oxygens (including phenoxy) is 2. The largest absolute Gasteiger partial charge is 0.481 e. The van der Waals surface area contributed by atoms with Crippen molar-refractivity contribution in [2.45, 2.75) is 77.1 Å². The second kappa shape index (κ2) is 17.0. The molecule has 2 aromatic carbocycles. The summed E-state index contributed by atoms with van der Waals surface area (Å²) in [6.45, 7) is 3.13. The normalized spacial score (nSPS) is 20.6. The number of pyridine rings is 1. The number of hydrogen-bond donors (Lipinski definition) is 2. The summed E-state index contributed by atoms with van der Waals surface area (Å²) in [7, 11) is 1.34. The maximum Gasteiger partial charge on any atom is 0.435 e. The van der Waals surface area contributed by atoms with E-state index in [1.165, 1.54) is 7.11 Å². The molecule has 1 aliphatic heterocycles. The number of hydrogen-bond acceptors (Lipinski definition) is 10. The number of nitriles is 1. The molecule has 3 aliphatic rings. The summed E-state index contributed by atoms with van der Waals surface area (Å²) in [6, 6.07) is 17.1. The zero-order valence-corrected chi connectivity index (χ0v) is 33.0. The van der Waals surface area contributed by atoms with Gasteiger partial charge in [0, 0.05) is 49.2 Å². The molecular weight excluding hydrogens is 773 g/mol. The van der Waals surface area contributed by atoms with E-state index in [1.807, 2.05) is 54.6 Å². The van der Waals surface area contributed by atoms with Crippen LogP contribution in [0.25, 0.3) is 22.4 Å². The zero-order valence-electron chi connectivity index (χ0n) is 32.3. The Hall–Kier alpha value is -5.10. The Balaban J connectivity index is 1.14. The number of carboxylic acids is 1. The first-order chi connectivity index (χ1) is 27.8. The Morgan fingerprint density at radius 3 is 2.53 bits per heavy atom. The molecule has 0 amide bonds. The molecule has 2 N–H and O–H groups in total. The maximum absolute atomic E-state index is 14.6. The van der Waals surface area contributed by atoms with Crippen molar-refractivity contribution in [2.24, 2.45) is 11.3 Å². The topological polar surface area (TPSA) is 151 Å². The first-order valence-electron chi connectivity index (χ1n) is 19.4. The third-order valence-electron chi connectivity index (χ3n) is 11.6. The molecule has 2 aliphatic carbocycles. The Bertz CT molecular complexity index is 2260. The van der Waals surface area contributed by atoms with Crippen molar-refractivity contribution in [3.8, 4) is 40.2 Å². The van der Waals surface area contributed by atoms with E-state index in [1.54, 1.807) is 11.8 Å². The quantitative estimate of drug-likeness (QED) is 0.128. The third-order valence-corrected chi connectivity index (χ3v) is 12.0. The van der Waals surface area contributed by atoms with Crippen LogP contribution in [-0.2, 0) is 41.7 Å². The minimum Gasteiger partial charge on any atom is -0.481 e. The van der Waals surface area contributed by atoms with Crippen molar-refractivity contribution in [3.05, 3.63) is 87.3 Å². The number of alkyl halides is 3. The standard InChI is InChI=1S/C43H44ClF3N6O5/c1-42(41(55)56)15-17-53(24-42)23-36-40(57-2)52-35(38(50-36)43(45,46)47)20-26-10-13-31-29(26)5-3-6-30(31)32-7-4-8-33(37(32)44)34-14-11-27(39(51-34)58-18-16-48)22-49-21-25-9-12-28(54)19-25/h3-8,11,14,25-26,49H,9-10,12-13,15,17-24H2,1-2H3,(H,55,56)/t25-,26-,42-/m1/s1. The second-order valence-electron chi connectivity index (χ2n) is 15.7. The first-order valence-corrected chi connectivity index (χ1v) is 19.8. The van der Waals surface area contributed by atoms with Gasteiger partial charge in [0.2, 0.25) is 11.8 Å². The number of carbonyl (C=O) groups is 2. The Kier molecular flexibility index (Phi) is 12.0. The lowest BCUT2D eigenvalue weighted by molar-refractivity contribution is -0.147. The Labute approximate surface area is 339 Å². The molecule has 1 saturated heterocycles. The molecule has 1 saturated carbocycles. The molecule has 3 atom stereocenters. The number of Topliss-reactive ketones (excluding diaryl/α,β-unsaturated/α-hetero) is 1. The molecule has 15 heteroatoms. The molecule has 3 heterocycles. The van der Waals surface area contributed by atoms with E-state index in [4.69, 9.17) is 26.1 Å². The number of ketones is 1. The zero-order chi connectivity index (χ0) is 41.2. The van der Waals surface area contributed by atoms with E-state index in [-0.39, 0.29) is 55.1 Å². The Morgan fingerprint density at radius 2 is 1.83 bits per heavy atom. The lowest BCUT2D eigenvalue weighted by atomic mass is 9.90. The SMILES string of the molecule is COc1nc(C[C@H]2CCc3c(-c4cccc(-c5ccc(CNC[C@@H]6CCC(=O)C6)c(OCC#N)n5)c4Cl)cccc32)c(C(F)(F)F)nc1CN1CC[C@@](C)(C(=O)O)C1. The summed E-state index contributed by atoms with van der Waals surface area (Å²) in [6.07, 6.45) is -1.16. The van der Waals surface area contributed by atoms with Gasteiger partial charge in [-0.15, -0.1) is 0 Å². The molecule has 0 radical (unpaired) electrons. The molecule has 11 nitrogen and oxygen atoms in total. The van der Waals surface area contributed by atoms with Crippen LogP contribution in [0.4, 0.5) is 13.2 Å². The van der Waals surface area contributed by atoms with Crippen LogP contribution < -0.4 is 14.8 Å². The first kappa shape index (κ1) is 41.1. The van der Waals surface area contributed by atoms with Gasteiger partial charge in [0.1, 0.15) is 17.5 Å². The smallest absolute Gasteiger partial charge is 0.435 e. The number of rotatable bonds is 14. The van der Waals surface area contributed by atoms with E-state index in [0.717, 1.165) is 34.2 Å². The lowest BCUT2D eigenvalue weighted by Gasteiger charge is -2.22. The van der Waals surface area contributed by atoms with Crippen LogP contribution in [-0.4, -0.2) is 70.1 Å². The fraction of sp³-hybridized carbons (Fsp3) is 0.442. The van der Waals surface area contributed by atoms with Crippen molar-refractivity contribution in [2.75, 3.05) is 33.4 Å². The number of aromatic nitrogens is 3. The number of halogens is 4. The Morgan fingerprint density at radius 1 is 1.05 bits per heavy atom. The van der Waals surface area contributed by atoms with Gasteiger partial charge in [0.25, 0.3) is 0 Å². The molecule has 0 bridgehead atoms. The van der Waals surface area contributed by atoms with Crippen LogP contribution in [0, 0.1) is 22.7 Å². The summed E-state index contributed by atoms with van der Waals surface area (Å²) in [5.74, 6) is -0.350. The van der Waals surface area contributed by atoms with Gasteiger partial charge in [-0.05, 0) is 86.7 Å². The fourth-order valence-electron chi connectivity index (χ4n) is 8.53. The minimum atomic E-state index is -4.78. The molecular formula is C43H44ClF3N6O5. The average Bonchev–Trinajstić information content (AvgIpc) is 3.92. The van der Waals surface area contributed by atoms with Crippen molar-refractivity contribution < 1.29 is 37.3 Å². The molecule has 7 rings (SSSR count). The van der Waals surface area contributed by atoms with Gasteiger partial charge < -0.3 is 19.9 Å². The molecule has 4 aromatic rings. The summed E-state index contributed by atoms with van der Waals surface area (Å²) >= 11 is 7.16. The van der Waals surface area contributed by atoms with E-state index in [9.17, 15) is 33.1 Å². The fourth-order valence-corrected chi connectivity index (χ4v) is 8.86. The van der Waals surface area contributed by atoms with E-state index in [0.29, 0.717) is 79.8 Å². The molecule has 0 unspecified atom stereocenters. The summed E-state index contributed by atoms with van der Waals surface area (Å²) in [5, 5.41) is 22.7. The monoisotopic (exact) mass is 816 g/mol. The minimum absolute atomic E-state index is 0.0108. The van der Waals surface area contributed by atoms with Gasteiger partial charge in [-0.25, -0.2) is 15.0 Å². The number of carbonyl (C=O) groups excluding carboxylic acids is 1. The molecule has 304 valence electrons. The predicted octanol–water partition coefficient (Wildman–Crippen LogP) is 7.82. The summed E-state index contributed by atoms with van der Waals surface area (Å²) in [4.78, 5) is 38.5. The van der Waals surface area contributed by atoms with Gasteiger partial charge in [-0.3, -0.25) is 14.5 Å². The number of aliphatic carboxylic acids is 1. The van der Waals surface area contributed by atoms with E-state index < -0.39 is 23.3 Å². The highest BCUT2D eigenvalue weighted by Gasteiger charge is 2.42. The number of methoxy groups -OCH3 is 1. The third kappa shape index (κ3) is 8.67. The van der Waals surface area contributed by atoms with Crippen molar-refractivity contribution in [1.29, 1.82) is 5.26 Å². The average molecular weight is 817 g/mol. The number of nitrogens with zero attached hydrogens (tertiary/aromatic N) is 5. The second-order valence-corrected chi connectivity index (χ2v) is 16.0. The maximum atomic E-state index is 14.6. The van der Waals surface area contributed by atoms with Crippen molar-refractivity contribution in [3.63, 3.8) is 0 Å². The number of nitrogens with one attached hydrogen (secondary N) is 1. The summed E-state index contributed by atoms with van der Waals surface area (Å²) in [5.41, 5.74) is 3.22. The van der Waals surface area contributed by atoms with Crippen LogP contribution >= 0.6 is 11.6 Å². The van der Waals surface area contributed by atoms with E-state index in [2.05, 4.69) is 15.3 Å². The highest BCUT2D eigenvalue weighted by molar-refractivity contribution is 6.36. The number of benzene rings is 2. The number of likely N-dealkylation sites (tertiary alicyclic amines) is 1. The highest BCUT2D eigenvalue weighted by atomic mass is 35.5. The van der Waals surface area contributed by atoms with Crippen LogP contribution in [0.15, 0.2) is 48.5 Å². The van der Waals surface area contributed by atoms with Crippen LogP contribution in [0.2, 0.25) is 5.02 Å². The summed E-state index contributed by atoms with van der Waals surface area (Å²) < 4.78 is 55.1. The molecule has 0 spiro atoms. The van der Waals surface area contributed by atoms with Gasteiger partial charge in [0.05, 0.1) is 28.9 Å². The van der Waals surface area contributed by atoms with Crippen molar-refractivity contribution >= 4 is 23.4 Å². The lowest BCUT2D eigenvalue weighted by Crippen LogP contribution is -2.32. The van der Waals surface area contributed by atoms with Gasteiger partial charge >= 0.3 is 12.1 Å². The molecule has 2 fully saturated rings. The van der Waals surface area contributed by atoms with Gasteiger partial charge in [-0.2, -0.15) is 18.4 Å². The molecule has 58 heavy (non-hydrogen) atoms. The molecule has 2 aromatic heterocycles. The van der Waals surface area contributed by atoms with E-state index >= 15 is 0 Å². The van der Waals surface area contributed by atoms with Gasteiger partial charge in [0.15, 0.2) is 12.3 Å².